The van der Waals surface area contributed by atoms with Crippen molar-refractivity contribution in [1.29, 1.82) is 0 Å². The smallest absolute Gasteiger partial charge is 0.304 e. The van der Waals surface area contributed by atoms with Gasteiger partial charge in [-0.05, 0) is 31.7 Å². The minimum atomic E-state index is -0.854. The SMILES string of the molecule is CCN(Cc1cc(Cl)ccc1F)C(C)CC(=O)O. The number of carbonyl (C=O) groups is 1. The molecule has 0 aliphatic rings. The van der Waals surface area contributed by atoms with Gasteiger partial charge in [0.25, 0.3) is 0 Å². The zero-order chi connectivity index (χ0) is 13.7. The van der Waals surface area contributed by atoms with Crippen LogP contribution in [0.15, 0.2) is 18.2 Å². The molecule has 1 rings (SSSR count). The van der Waals surface area contributed by atoms with Gasteiger partial charge in [-0.15, -0.1) is 0 Å². The second-order valence-corrected chi connectivity index (χ2v) is 4.68. The number of carboxylic acid groups (broad SMARTS) is 1. The lowest BCUT2D eigenvalue weighted by Gasteiger charge is -2.26. The fourth-order valence-electron chi connectivity index (χ4n) is 1.84. The summed E-state index contributed by atoms with van der Waals surface area (Å²) in [5, 5.41) is 9.25. The molecule has 100 valence electrons. The van der Waals surface area contributed by atoms with E-state index in [-0.39, 0.29) is 18.3 Å². The lowest BCUT2D eigenvalue weighted by molar-refractivity contribution is -0.138. The average molecular weight is 274 g/mol. The Bertz CT molecular complexity index is 425. The van der Waals surface area contributed by atoms with Gasteiger partial charge in [0.15, 0.2) is 0 Å². The highest BCUT2D eigenvalue weighted by Gasteiger charge is 2.17. The van der Waals surface area contributed by atoms with Gasteiger partial charge in [-0.2, -0.15) is 0 Å². The number of halogens is 2. The molecule has 0 spiro atoms. The standard InChI is InChI=1S/C13H17ClFNO2/c1-3-16(9(2)6-13(17)18)8-10-7-11(14)4-5-12(10)15/h4-5,7,9H,3,6,8H2,1-2H3,(H,17,18). The van der Waals surface area contributed by atoms with E-state index in [0.29, 0.717) is 23.7 Å². The molecule has 0 aromatic heterocycles. The highest BCUT2D eigenvalue weighted by atomic mass is 35.5. The third-order valence-corrected chi connectivity index (χ3v) is 3.12. The van der Waals surface area contributed by atoms with Crippen LogP contribution in [0.3, 0.4) is 0 Å². The maximum Gasteiger partial charge on any atom is 0.304 e. The Kier molecular flexibility index (Phi) is 5.56. The molecule has 0 aliphatic carbocycles. The Balaban J connectivity index is 2.79. The highest BCUT2D eigenvalue weighted by molar-refractivity contribution is 6.30. The first-order valence-corrected chi connectivity index (χ1v) is 6.21. The van der Waals surface area contributed by atoms with Crippen molar-refractivity contribution in [3.8, 4) is 0 Å². The van der Waals surface area contributed by atoms with Crippen molar-refractivity contribution in [2.45, 2.75) is 32.9 Å². The molecule has 0 saturated carbocycles. The van der Waals surface area contributed by atoms with E-state index in [4.69, 9.17) is 16.7 Å². The quantitative estimate of drug-likeness (QED) is 0.865. The summed E-state index contributed by atoms with van der Waals surface area (Å²) in [5.74, 6) is -1.17. The summed E-state index contributed by atoms with van der Waals surface area (Å²) in [6, 6.07) is 4.25. The Morgan fingerprint density at radius 3 is 2.78 bits per heavy atom. The number of benzene rings is 1. The van der Waals surface area contributed by atoms with Crippen molar-refractivity contribution in [3.63, 3.8) is 0 Å². The Hall–Kier alpha value is -1.13. The lowest BCUT2D eigenvalue weighted by atomic mass is 10.1. The van der Waals surface area contributed by atoms with Crippen LogP contribution in [0.2, 0.25) is 5.02 Å². The van der Waals surface area contributed by atoms with Crippen LogP contribution in [-0.4, -0.2) is 28.6 Å². The summed E-state index contributed by atoms with van der Waals surface area (Å²) < 4.78 is 13.6. The maximum absolute atomic E-state index is 13.6. The molecule has 1 atom stereocenters. The summed E-state index contributed by atoms with van der Waals surface area (Å²) in [4.78, 5) is 12.6. The lowest BCUT2D eigenvalue weighted by Crippen LogP contribution is -2.34. The van der Waals surface area contributed by atoms with Crippen molar-refractivity contribution >= 4 is 17.6 Å². The number of hydrogen-bond acceptors (Lipinski definition) is 2. The van der Waals surface area contributed by atoms with E-state index < -0.39 is 5.97 Å². The first-order chi connectivity index (χ1) is 8.43. The van der Waals surface area contributed by atoms with Gasteiger partial charge in [-0.25, -0.2) is 4.39 Å². The monoisotopic (exact) mass is 273 g/mol. The van der Waals surface area contributed by atoms with Crippen LogP contribution in [0, 0.1) is 5.82 Å². The average Bonchev–Trinajstić information content (AvgIpc) is 2.29. The predicted octanol–water partition coefficient (Wildman–Crippen LogP) is 3.16. The van der Waals surface area contributed by atoms with E-state index in [1.165, 1.54) is 12.1 Å². The molecule has 1 aromatic rings. The summed E-state index contributed by atoms with van der Waals surface area (Å²) >= 11 is 5.83. The van der Waals surface area contributed by atoms with Gasteiger partial charge < -0.3 is 5.11 Å². The molecule has 1 N–H and O–H groups in total. The van der Waals surface area contributed by atoms with Crippen molar-refractivity contribution in [3.05, 3.63) is 34.6 Å². The largest absolute Gasteiger partial charge is 0.481 e. The molecule has 3 nitrogen and oxygen atoms in total. The van der Waals surface area contributed by atoms with E-state index in [1.807, 2.05) is 18.7 Å². The van der Waals surface area contributed by atoms with Gasteiger partial charge in [0.05, 0.1) is 6.42 Å². The summed E-state index contributed by atoms with van der Waals surface area (Å²) in [6.07, 6.45) is 0.0377. The highest BCUT2D eigenvalue weighted by Crippen LogP contribution is 2.18. The van der Waals surface area contributed by atoms with Crippen LogP contribution < -0.4 is 0 Å². The predicted molar refractivity (Wildman–Crippen MR) is 69.2 cm³/mol. The molecule has 5 heteroatoms. The molecule has 1 unspecified atom stereocenters. The molecule has 1 aromatic carbocycles. The maximum atomic E-state index is 13.6. The topological polar surface area (TPSA) is 40.5 Å². The summed E-state index contributed by atoms with van der Waals surface area (Å²) in [6.45, 7) is 4.75. The minimum Gasteiger partial charge on any atom is -0.481 e. The number of aliphatic carboxylic acids is 1. The van der Waals surface area contributed by atoms with Crippen LogP contribution >= 0.6 is 11.6 Å². The van der Waals surface area contributed by atoms with E-state index in [2.05, 4.69) is 0 Å². The van der Waals surface area contributed by atoms with E-state index >= 15 is 0 Å². The summed E-state index contributed by atoms with van der Waals surface area (Å²) in [7, 11) is 0. The first kappa shape index (κ1) is 14.9. The molecule has 0 bridgehead atoms. The second kappa shape index (κ2) is 6.71. The normalized spacial score (nSPS) is 12.7. The Labute approximate surface area is 111 Å². The van der Waals surface area contributed by atoms with Crippen molar-refractivity contribution in [2.75, 3.05) is 6.54 Å². The Morgan fingerprint density at radius 2 is 2.22 bits per heavy atom. The zero-order valence-electron chi connectivity index (χ0n) is 10.5. The second-order valence-electron chi connectivity index (χ2n) is 4.25. The molecule has 0 amide bonds. The molecule has 0 fully saturated rings. The number of carboxylic acids is 1. The van der Waals surface area contributed by atoms with E-state index in [1.54, 1.807) is 6.07 Å². The van der Waals surface area contributed by atoms with Crippen molar-refractivity contribution in [1.82, 2.24) is 4.90 Å². The zero-order valence-corrected chi connectivity index (χ0v) is 11.2. The van der Waals surface area contributed by atoms with Gasteiger partial charge >= 0.3 is 5.97 Å². The van der Waals surface area contributed by atoms with Crippen LogP contribution in [0.4, 0.5) is 4.39 Å². The fraction of sp³-hybridized carbons (Fsp3) is 0.462. The van der Waals surface area contributed by atoms with Crippen molar-refractivity contribution < 1.29 is 14.3 Å². The van der Waals surface area contributed by atoms with Gasteiger partial charge in [-0.3, -0.25) is 9.69 Å². The van der Waals surface area contributed by atoms with Gasteiger partial charge in [0.2, 0.25) is 0 Å². The van der Waals surface area contributed by atoms with Gasteiger partial charge in [0.1, 0.15) is 5.82 Å². The minimum absolute atomic E-state index is 0.0377. The number of hydrogen-bond donors (Lipinski definition) is 1. The molecule has 0 radical (unpaired) electrons. The van der Waals surface area contributed by atoms with Crippen LogP contribution in [0.5, 0.6) is 0 Å². The third-order valence-electron chi connectivity index (χ3n) is 2.88. The molecule has 0 heterocycles. The number of rotatable bonds is 6. The molecular weight excluding hydrogens is 257 g/mol. The fourth-order valence-corrected chi connectivity index (χ4v) is 2.04. The number of nitrogens with zero attached hydrogens (tertiary/aromatic N) is 1. The molecule has 0 saturated heterocycles. The van der Waals surface area contributed by atoms with E-state index in [9.17, 15) is 9.18 Å². The summed E-state index contributed by atoms with van der Waals surface area (Å²) in [5.41, 5.74) is 0.488. The van der Waals surface area contributed by atoms with E-state index in [0.717, 1.165) is 0 Å². The first-order valence-electron chi connectivity index (χ1n) is 5.83. The van der Waals surface area contributed by atoms with Gasteiger partial charge in [0, 0.05) is 23.2 Å². The third kappa shape index (κ3) is 4.27. The van der Waals surface area contributed by atoms with Crippen molar-refractivity contribution in [2.24, 2.45) is 0 Å². The van der Waals surface area contributed by atoms with Crippen LogP contribution in [0.1, 0.15) is 25.8 Å². The molecular formula is C13H17ClFNO2. The Morgan fingerprint density at radius 1 is 1.56 bits per heavy atom. The molecule has 0 aliphatic heterocycles. The van der Waals surface area contributed by atoms with Crippen LogP contribution in [0.25, 0.3) is 0 Å². The van der Waals surface area contributed by atoms with Crippen LogP contribution in [-0.2, 0) is 11.3 Å². The molecule has 18 heavy (non-hydrogen) atoms. The van der Waals surface area contributed by atoms with Gasteiger partial charge in [-0.1, -0.05) is 18.5 Å².